The van der Waals surface area contributed by atoms with Crippen molar-refractivity contribution in [3.63, 3.8) is 0 Å². The highest BCUT2D eigenvalue weighted by Gasteiger charge is 2.34. The summed E-state index contributed by atoms with van der Waals surface area (Å²) in [4.78, 5) is 38.1. The number of hydrogen-bond acceptors (Lipinski definition) is 6. The molecule has 1 aliphatic heterocycles. The second-order valence-electron chi connectivity index (χ2n) is 7.08. The van der Waals surface area contributed by atoms with Crippen LogP contribution in [0, 0.1) is 25.2 Å². The molecule has 2 aromatic rings. The van der Waals surface area contributed by atoms with Gasteiger partial charge in [0.15, 0.2) is 0 Å². The number of carbonyl (C=O) groups excluding carboxylic acids is 3. The number of nitrogens with zero attached hydrogens (tertiary/aromatic N) is 3. The van der Waals surface area contributed by atoms with Gasteiger partial charge in [-0.05, 0) is 43.7 Å². The Balaban J connectivity index is 1.64. The fraction of sp³-hybridized carbons (Fsp3) is 0.304. The predicted molar refractivity (Wildman–Crippen MR) is 112 cm³/mol. The van der Waals surface area contributed by atoms with E-state index < -0.39 is 17.8 Å². The molecule has 0 saturated heterocycles. The molecule has 0 fully saturated rings. The zero-order chi connectivity index (χ0) is 22.5. The van der Waals surface area contributed by atoms with Gasteiger partial charge in [-0.25, -0.2) is 4.79 Å². The number of imide groups is 1. The van der Waals surface area contributed by atoms with Crippen molar-refractivity contribution in [2.24, 2.45) is 0 Å². The molecule has 3 rings (SSSR count). The lowest BCUT2D eigenvalue weighted by Gasteiger charge is -2.13. The third kappa shape index (κ3) is 4.42. The van der Waals surface area contributed by atoms with Crippen molar-refractivity contribution >= 4 is 23.9 Å². The smallest absolute Gasteiger partial charge is 0.348 e. The Hall–Kier alpha value is -3.70. The van der Waals surface area contributed by atoms with Crippen LogP contribution in [-0.2, 0) is 20.8 Å². The van der Waals surface area contributed by atoms with Crippen molar-refractivity contribution in [3.05, 3.63) is 64.0 Å². The van der Waals surface area contributed by atoms with Gasteiger partial charge in [-0.15, -0.1) is 0 Å². The van der Waals surface area contributed by atoms with Crippen LogP contribution in [0.1, 0.15) is 37.7 Å². The van der Waals surface area contributed by atoms with Crippen molar-refractivity contribution in [1.82, 2.24) is 9.47 Å². The highest BCUT2D eigenvalue weighted by Crippen LogP contribution is 2.22. The Kier molecular flexibility index (Phi) is 6.68. The number of fused-ring (bicyclic) bond motifs is 1. The Morgan fingerprint density at radius 2 is 1.74 bits per heavy atom. The summed E-state index contributed by atoms with van der Waals surface area (Å²) in [6, 6.07) is 10.3. The molecule has 2 heterocycles. The van der Waals surface area contributed by atoms with E-state index in [9.17, 15) is 19.6 Å². The van der Waals surface area contributed by atoms with Gasteiger partial charge in [0, 0.05) is 25.0 Å². The SMILES string of the molecule is COCCn1c(C)cc(C=C(C#N)C(=O)OCCN2C(=O)c3ccccc3C2=O)c1C. The molecule has 1 aliphatic rings. The maximum absolute atomic E-state index is 12.4. The quantitative estimate of drug-likeness (QED) is 0.281. The van der Waals surface area contributed by atoms with Crippen LogP contribution in [0.4, 0.5) is 0 Å². The lowest BCUT2D eigenvalue weighted by Crippen LogP contribution is -2.33. The number of hydrogen-bond donors (Lipinski definition) is 0. The van der Waals surface area contributed by atoms with Gasteiger partial charge in [0.2, 0.25) is 0 Å². The Bertz CT molecular complexity index is 1070. The Morgan fingerprint density at radius 1 is 1.10 bits per heavy atom. The molecule has 1 aromatic heterocycles. The molecule has 0 N–H and O–H groups in total. The van der Waals surface area contributed by atoms with E-state index in [1.165, 1.54) is 6.08 Å². The van der Waals surface area contributed by atoms with Gasteiger partial charge in [-0.2, -0.15) is 5.26 Å². The van der Waals surface area contributed by atoms with Crippen LogP contribution in [0.15, 0.2) is 35.9 Å². The number of nitriles is 1. The summed E-state index contributed by atoms with van der Waals surface area (Å²) in [5, 5.41) is 9.41. The number of ether oxygens (including phenoxy) is 2. The fourth-order valence-corrected chi connectivity index (χ4v) is 3.54. The van der Waals surface area contributed by atoms with E-state index in [1.807, 2.05) is 30.6 Å². The number of esters is 1. The van der Waals surface area contributed by atoms with Crippen LogP contribution >= 0.6 is 0 Å². The van der Waals surface area contributed by atoms with Gasteiger partial charge >= 0.3 is 5.97 Å². The van der Waals surface area contributed by atoms with E-state index in [-0.39, 0.29) is 18.7 Å². The molecule has 0 spiro atoms. The summed E-state index contributed by atoms with van der Waals surface area (Å²) < 4.78 is 12.3. The standard InChI is InChI=1S/C23H23N3O5/c1-15-12-17(16(2)25(15)8-10-30-3)13-18(14-24)23(29)31-11-9-26-21(27)19-6-4-5-7-20(19)22(26)28/h4-7,12-13H,8-11H2,1-3H3. The second kappa shape index (κ2) is 9.41. The largest absolute Gasteiger partial charge is 0.460 e. The second-order valence-corrected chi connectivity index (χ2v) is 7.08. The summed E-state index contributed by atoms with van der Waals surface area (Å²) >= 11 is 0. The molecule has 0 saturated carbocycles. The van der Waals surface area contributed by atoms with Gasteiger partial charge in [0.05, 0.1) is 24.3 Å². The molecule has 2 amide bonds. The molecule has 1 aromatic carbocycles. The monoisotopic (exact) mass is 421 g/mol. The average Bonchev–Trinajstić information content (AvgIpc) is 3.17. The molecule has 8 nitrogen and oxygen atoms in total. The van der Waals surface area contributed by atoms with Crippen LogP contribution in [0.5, 0.6) is 0 Å². The van der Waals surface area contributed by atoms with Crippen molar-refractivity contribution in [2.75, 3.05) is 26.9 Å². The molecule has 0 aliphatic carbocycles. The van der Waals surface area contributed by atoms with Crippen molar-refractivity contribution in [1.29, 1.82) is 5.26 Å². The van der Waals surface area contributed by atoms with Crippen molar-refractivity contribution < 1.29 is 23.9 Å². The Labute approximate surface area is 180 Å². The van der Waals surface area contributed by atoms with Crippen LogP contribution in [0.25, 0.3) is 6.08 Å². The van der Waals surface area contributed by atoms with Gasteiger partial charge in [0.25, 0.3) is 11.8 Å². The first kappa shape index (κ1) is 22.0. The van der Waals surface area contributed by atoms with E-state index >= 15 is 0 Å². The lowest BCUT2D eigenvalue weighted by molar-refractivity contribution is -0.138. The van der Waals surface area contributed by atoms with Crippen LogP contribution in [0.3, 0.4) is 0 Å². The van der Waals surface area contributed by atoms with Crippen LogP contribution in [0.2, 0.25) is 0 Å². The third-order valence-electron chi connectivity index (χ3n) is 5.20. The first-order chi connectivity index (χ1) is 14.9. The molecule has 0 radical (unpaired) electrons. The number of carbonyl (C=O) groups is 3. The van der Waals surface area contributed by atoms with Gasteiger partial charge in [0.1, 0.15) is 18.2 Å². The van der Waals surface area contributed by atoms with Crippen LogP contribution in [-0.4, -0.2) is 54.1 Å². The zero-order valence-electron chi connectivity index (χ0n) is 17.7. The third-order valence-corrected chi connectivity index (χ3v) is 5.20. The topological polar surface area (TPSA) is 102 Å². The average molecular weight is 421 g/mol. The minimum atomic E-state index is -0.805. The normalized spacial score (nSPS) is 13.4. The van der Waals surface area contributed by atoms with E-state index in [2.05, 4.69) is 0 Å². The van der Waals surface area contributed by atoms with Crippen molar-refractivity contribution in [3.8, 4) is 6.07 Å². The maximum Gasteiger partial charge on any atom is 0.348 e. The summed E-state index contributed by atoms with van der Waals surface area (Å²) in [5.41, 5.74) is 3.13. The molecule has 8 heteroatoms. The summed E-state index contributed by atoms with van der Waals surface area (Å²) in [7, 11) is 1.63. The lowest BCUT2D eigenvalue weighted by atomic mass is 10.1. The summed E-state index contributed by atoms with van der Waals surface area (Å²) in [6.45, 7) is 4.77. The summed E-state index contributed by atoms with van der Waals surface area (Å²) in [6.07, 6.45) is 1.48. The highest BCUT2D eigenvalue weighted by molar-refractivity contribution is 6.21. The van der Waals surface area contributed by atoms with E-state index in [0.29, 0.717) is 24.3 Å². The summed E-state index contributed by atoms with van der Waals surface area (Å²) in [5.74, 6) is -1.65. The predicted octanol–water partition coefficient (Wildman–Crippen LogP) is 2.50. The number of benzene rings is 1. The minimum Gasteiger partial charge on any atom is -0.460 e. The number of rotatable bonds is 8. The number of aryl methyl sites for hydroxylation is 1. The molecule has 31 heavy (non-hydrogen) atoms. The highest BCUT2D eigenvalue weighted by atomic mass is 16.5. The van der Waals surface area contributed by atoms with Crippen LogP contribution < -0.4 is 0 Å². The number of amides is 2. The van der Waals surface area contributed by atoms with E-state index in [0.717, 1.165) is 21.9 Å². The maximum atomic E-state index is 12.4. The van der Waals surface area contributed by atoms with Gasteiger partial charge < -0.3 is 14.0 Å². The van der Waals surface area contributed by atoms with Crippen molar-refractivity contribution in [2.45, 2.75) is 20.4 Å². The molecule has 160 valence electrons. The van der Waals surface area contributed by atoms with Gasteiger partial charge in [-0.1, -0.05) is 12.1 Å². The minimum absolute atomic E-state index is 0.0810. The fourth-order valence-electron chi connectivity index (χ4n) is 3.54. The zero-order valence-corrected chi connectivity index (χ0v) is 17.7. The van der Waals surface area contributed by atoms with E-state index in [4.69, 9.17) is 9.47 Å². The first-order valence-corrected chi connectivity index (χ1v) is 9.78. The number of methoxy groups -OCH3 is 1. The molecular weight excluding hydrogens is 398 g/mol. The first-order valence-electron chi connectivity index (χ1n) is 9.78. The number of aromatic nitrogens is 1. The molecule has 0 unspecified atom stereocenters. The Morgan fingerprint density at radius 3 is 2.32 bits per heavy atom. The van der Waals surface area contributed by atoms with E-state index in [1.54, 1.807) is 31.4 Å². The molecule has 0 atom stereocenters. The molecule has 0 bridgehead atoms. The van der Waals surface area contributed by atoms with Gasteiger partial charge in [-0.3, -0.25) is 14.5 Å². The molecular formula is C23H23N3O5.